The van der Waals surface area contributed by atoms with Gasteiger partial charge < -0.3 is 4.57 Å². The summed E-state index contributed by atoms with van der Waals surface area (Å²) < 4.78 is 31.4. The van der Waals surface area contributed by atoms with E-state index in [-0.39, 0.29) is 23.4 Å². The predicted octanol–water partition coefficient (Wildman–Crippen LogP) is 3.43. The number of halogens is 2. The number of hydrogen-bond donors (Lipinski definition) is 0. The summed E-state index contributed by atoms with van der Waals surface area (Å²) in [5.41, 5.74) is 0.742. The van der Waals surface area contributed by atoms with E-state index < -0.39 is 23.1 Å². The second-order valence-electron chi connectivity index (χ2n) is 7.21. The molecule has 32 heavy (non-hydrogen) atoms. The topological polar surface area (TPSA) is 68.8 Å². The van der Waals surface area contributed by atoms with Crippen molar-refractivity contribution in [3.05, 3.63) is 93.5 Å². The summed E-state index contributed by atoms with van der Waals surface area (Å²) in [5.74, 6) is -2.02. The molecule has 2 heterocycles. The van der Waals surface area contributed by atoms with Gasteiger partial charge in [-0.2, -0.15) is 0 Å². The minimum absolute atomic E-state index is 0.158. The van der Waals surface area contributed by atoms with Crippen molar-refractivity contribution in [2.75, 3.05) is 14.2 Å². The van der Waals surface area contributed by atoms with Crippen molar-refractivity contribution >= 4 is 11.7 Å². The van der Waals surface area contributed by atoms with E-state index in [2.05, 4.69) is 4.98 Å². The average molecular weight is 438 g/mol. The summed E-state index contributed by atoms with van der Waals surface area (Å²) in [6.07, 6.45) is 1.25. The molecule has 0 aliphatic rings. The molecule has 1 amide bonds. The van der Waals surface area contributed by atoms with Crippen LogP contribution in [-0.2, 0) is 11.4 Å². The van der Waals surface area contributed by atoms with Gasteiger partial charge in [0, 0.05) is 24.4 Å². The highest BCUT2D eigenvalue weighted by Gasteiger charge is 2.24. The normalized spacial score (nSPS) is 11.2. The van der Waals surface area contributed by atoms with E-state index in [1.54, 1.807) is 6.92 Å². The van der Waals surface area contributed by atoms with Crippen LogP contribution < -0.4 is 5.56 Å². The maximum atomic E-state index is 14.4. The van der Waals surface area contributed by atoms with Crippen LogP contribution in [0.25, 0.3) is 17.0 Å². The number of aromatic nitrogens is 3. The van der Waals surface area contributed by atoms with Crippen LogP contribution in [0.3, 0.4) is 0 Å². The molecule has 0 unspecified atom stereocenters. The molecule has 0 radical (unpaired) electrons. The predicted molar refractivity (Wildman–Crippen MR) is 114 cm³/mol. The molecule has 164 valence electrons. The third kappa shape index (κ3) is 3.56. The maximum absolute atomic E-state index is 14.4. The molecular weight excluding hydrogens is 418 g/mol. The van der Waals surface area contributed by atoms with Gasteiger partial charge in [0.2, 0.25) is 5.78 Å². The summed E-state index contributed by atoms with van der Waals surface area (Å²) in [5, 5.41) is 0.904. The SMILES string of the molecule is CON(C)C(=O)c1cn(Cc2c(F)cccc2F)c2nc(-c3ccccc3)c(C)n2c1=O. The van der Waals surface area contributed by atoms with Gasteiger partial charge >= 0.3 is 0 Å². The summed E-state index contributed by atoms with van der Waals surface area (Å²) in [4.78, 5) is 35.5. The zero-order valence-corrected chi connectivity index (χ0v) is 17.7. The van der Waals surface area contributed by atoms with Gasteiger partial charge in [-0.1, -0.05) is 36.4 Å². The zero-order chi connectivity index (χ0) is 23.0. The molecule has 0 N–H and O–H groups in total. The number of benzene rings is 2. The molecular formula is C23H20F2N4O3. The zero-order valence-electron chi connectivity index (χ0n) is 17.7. The van der Waals surface area contributed by atoms with E-state index in [1.165, 1.54) is 35.4 Å². The molecule has 7 nitrogen and oxygen atoms in total. The fourth-order valence-corrected chi connectivity index (χ4v) is 3.55. The van der Waals surface area contributed by atoms with Crippen molar-refractivity contribution in [3.8, 4) is 11.3 Å². The number of carbonyl (C=O) groups excluding carboxylic acids is 1. The standard InChI is InChI=1S/C23H20F2N4O3/c1-14-20(15-8-5-4-6-9-15)26-23-28(12-16-18(24)10-7-11-19(16)25)13-17(22(31)29(14)23)21(30)27(2)32-3/h4-11,13H,12H2,1-3H3. The summed E-state index contributed by atoms with van der Waals surface area (Å²) >= 11 is 0. The van der Waals surface area contributed by atoms with Crippen molar-refractivity contribution in [2.45, 2.75) is 13.5 Å². The molecule has 4 rings (SSSR count). The Morgan fingerprint density at radius 1 is 1.09 bits per heavy atom. The van der Waals surface area contributed by atoms with Crippen molar-refractivity contribution in [1.82, 2.24) is 19.0 Å². The summed E-state index contributed by atoms with van der Waals surface area (Å²) in [6, 6.07) is 12.8. The van der Waals surface area contributed by atoms with Gasteiger partial charge in [0.25, 0.3) is 11.5 Å². The number of hydroxylamine groups is 2. The van der Waals surface area contributed by atoms with Crippen LogP contribution >= 0.6 is 0 Å². The van der Waals surface area contributed by atoms with Gasteiger partial charge in [-0.15, -0.1) is 0 Å². The van der Waals surface area contributed by atoms with Crippen LogP contribution in [-0.4, -0.2) is 39.1 Å². The quantitative estimate of drug-likeness (QED) is 0.448. The first-order valence-electron chi connectivity index (χ1n) is 9.76. The number of nitrogens with zero attached hydrogens (tertiary/aromatic N) is 4. The van der Waals surface area contributed by atoms with Gasteiger partial charge in [0.1, 0.15) is 17.2 Å². The van der Waals surface area contributed by atoms with Crippen LogP contribution in [0, 0.1) is 18.6 Å². The third-order valence-electron chi connectivity index (χ3n) is 5.29. The highest BCUT2D eigenvalue weighted by molar-refractivity contribution is 5.93. The van der Waals surface area contributed by atoms with E-state index in [1.807, 2.05) is 30.3 Å². The van der Waals surface area contributed by atoms with Crippen molar-refractivity contribution < 1.29 is 18.4 Å². The van der Waals surface area contributed by atoms with Gasteiger partial charge in [-0.25, -0.2) is 23.2 Å². The first kappa shape index (κ1) is 21.4. The Kier molecular flexibility index (Phi) is 5.58. The molecule has 0 saturated heterocycles. The van der Waals surface area contributed by atoms with Crippen molar-refractivity contribution in [2.24, 2.45) is 0 Å². The largest absolute Gasteiger partial charge is 0.313 e. The first-order valence-corrected chi connectivity index (χ1v) is 9.76. The second kappa shape index (κ2) is 8.35. The molecule has 0 saturated carbocycles. The molecule has 0 aliphatic heterocycles. The lowest BCUT2D eigenvalue weighted by molar-refractivity contribution is -0.0758. The molecule has 0 spiro atoms. The number of rotatable bonds is 5. The number of hydrogen-bond acceptors (Lipinski definition) is 4. The van der Waals surface area contributed by atoms with E-state index in [9.17, 15) is 18.4 Å². The van der Waals surface area contributed by atoms with Crippen LogP contribution in [0.1, 0.15) is 21.6 Å². The second-order valence-corrected chi connectivity index (χ2v) is 7.21. The Morgan fingerprint density at radius 3 is 2.38 bits per heavy atom. The minimum atomic E-state index is -0.740. The molecule has 4 aromatic rings. The van der Waals surface area contributed by atoms with Crippen LogP contribution in [0.15, 0.2) is 59.5 Å². The minimum Gasteiger partial charge on any atom is -0.313 e. The number of carbonyl (C=O) groups is 1. The molecule has 0 aliphatic carbocycles. The van der Waals surface area contributed by atoms with Gasteiger partial charge in [-0.3, -0.25) is 14.4 Å². The molecule has 2 aromatic carbocycles. The summed E-state index contributed by atoms with van der Waals surface area (Å²) in [6.45, 7) is 1.43. The monoisotopic (exact) mass is 438 g/mol. The van der Waals surface area contributed by atoms with E-state index in [0.29, 0.717) is 11.4 Å². The fraction of sp³-hybridized carbons (Fsp3) is 0.174. The molecule has 0 atom stereocenters. The number of fused-ring (bicyclic) bond motifs is 1. The van der Waals surface area contributed by atoms with Crippen LogP contribution in [0.2, 0.25) is 0 Å². The Morgan fingerprint density at radius 2 is 1.75 bits per heavy atom. The Labute approximate surface area is 182 Å². The molecule has 0 fully saturated rings. The average Bonchev–Trinajstić information content (AvgIpc) is 3.15. The van der Waals surface area contributed by atoms with Crippen LogP contribution in [0.4, 0.5) is 8.78 Å². The number of amides is 1. The summed E-state index contributed by atoms with van der Waals surface area (Å²) in [7, 11) is 2.66. The third-order valence-corrected chi connectivity index (χ3v) is 5.29. The number of imidazole rings is 1. The van der Waals surface area contributed by atoms with Crippen molar-refractivity contribution in [3.63, 3.8) is 0 Å². The lowest BCUT2D eigenvalue weighted by Crippen LogP contribution is -2.34. The highest BCUT2D eigenvalue weighted by atomic mass is 19.1. The number of aryl methyl sites for hydroxylation is 1. The molecule has 9 heteroatoms. The van der Waals surface area contributed by atoms with E-state index in [0.717, 1.165) is 22.8 Å². The Bertz CT molecular complexity index is 1360. The highest BCUT2D eigenvalue weighted by Crippen LogP contribution is 2.24. The van der Waals surface area contributed by atoms with E-state index >= 15 is 0 Å². The Balaban J connectivity index is 2.02. The fourth-order valence-electron chi connectivity index (χ4n) is 3.55. The lowest BCUT2D eigenvalue weighted by atomic mass is 10.1. The van der Waals surface area contributed by atoms with Gasteiger partial charge in [0.05, 0.1) is 25.0 Å². The Hall–Kier alpha value is -3.85. The van der Waals surface area contributed by atoms with Crippen molar-refractivity contribution in [1.29, 1.82) is 0 Å². The maximum Gasteiger partial charge on any atom is 0.284 e. The van der Waals surface area contributed by atoms with Crippen LogP contribution in [0.5, 0.6) is 0 Å². The molecule has 2 aromatic heterocycles. The van der Waals surface area contributed by atoms with E-state index in [4.69, 9.17) is 4.84 Å². The smallest absolute Gasteiger partial charge is 0.284 e. The van der Waals surface area contributed by atoms with Gasteiger partial charge in [-0.05, 0) is 19.1 Å². The molecule has 0 bridgehead atoms. The van der Waals surface area contributed by atoms with Gasteiger partial charge in [0.15, 0.2) is 0 Å². The first-order chi connectivity index (χ1) is 15.3. The lowest BCUT2D eigenvalue weighted by Gasteiger charge is -2.16.